The monoisotopic (exact) mass is 276 g/mol. The minimum atomic E-state index is -0.358. The maximum Gasteiger partial charge on any atom is 0.262 e. The molecule has 21 heavy (non-hydrogen) atoms. The Morgan fingerprint density at radius 3 is 2.62 bits per heavy atom. The summed E-state index contributed by atoms with van der Waals surface area (Å²) in [6, 6.07) is 19.2. The van der Waals surface area contributed by atoms with Crippen molar-refractivity contribution in [3.63, 3.8) is 0 Å². The van der Waals surface area contributed by atoms with E-state index >= 15 is 0 Å². The fraction of sp³-hybridized carbons (Fsp3) is 0.111. The molecule has 1 N–H and O–H groups in total. The zero-order valence-electron chi connectivity index (χ0n) is 11.8. The van der Waals surface area contributed by atoms with Gasteiger partial charge < -0.3 is 5.32 Å². The molecule has 0 fully saturated rings. The van der Waals surface area contributed by atoms with Crippen molar-refractivity contribution < 1.29 is 4.79 Å². The van der Waals surface area contributed by atoms with Crippen LogP contribution in [-0.4, -0.2) is 5.91 Å². The van der Waals surface area contributed by atoms with E-state index in [1.54, 1.807) is 6.08 Å². The van der Waals surface area contributed by atoms with Crippen molar-refractivity contribution in [2.75, 3.05) is 0 Å². The van der Waals surface area contributed by atoms with Crippen molar-refractivity contribution in [3.05, 3.63) is 76.9 Å². The van der Waals surface area contributed by atoms with Gasteiger partial charge in [0, 0.05) is 6.54 Å². The van der Waals surface area contributed by atoms with E-state index in [1.807, 2.05) is 67.6 Å². The highest BCUT2D eigenvalue weighted by Gasteiger charge is 2.08. The van der Waals surface area contributed by atoms with Crippen molar-refractivity contribution >= 4 is 12.0 Å². The van der Waals surface area contributed by atoms with Crippen molar-refractivity contribution in [1.29, 1.82) is 5.26 Å². The number of nitrogens with zero attached hydrogens (tertiary/aromatic N) is 1. The molecule has 0 heterocycles. The molecule has 0 aliphatic heterocycles. The van der Waals surface area contributed by atoms with Gasteiger partial charge in [0.05, 0.1) is 0 Å². The first-order chi connectivity index (χ1) is 10.2. The number of nitriles is 1. The van der Waals surface area contributed by atoms with Crippen LogP contribution in [0.4, 0.5) is 0 Å². The van der Waals surface area contributed by atoms with Crippen LogP contribution < -0.4 is 5.32 Å². The van der Waals surface area contributed by atoms with Crippen LogP contribution in [0.15, 0.2) is 60.2 Å². The molecular weight excluding hydrogens is 260 g/mol. The highest BCUT2D eigenvalue weighted by molar-refractivity contribution is 6.01. The summed E-state index contributed by atoms with van der Waals surface area (Å²) >= 11 is 0. The molecule has 2 aromatic carbocycles. The first-order valence-corrected chi connectivity index (χ1v) is 6.69. The van der Waals surface area contributed by atoms with Gasteiger partial charge in [0.15, 0.2) is 0 Å². The number of hydrogen-bond donors (Lipinski definition) is 1. The molecule has 0 aromatic heterocycles. The van der Waals surface area contributed by atoms with Crippen molar-refractivity contribution in [3.8, 4) is 6.07 Å². The zero-order chi connectivity index (χ0) is 15.1. The van der Waals surface area contributed by atoms with Gasteiger partial charge in [-0.15, -0.1) is 0 Å². The maximum absolute atomic E-state index is 12.0. The van der Waals surface area contributed by atoms with Crippen molar-refractivity contribution in [1.82, 2.24) is 5.32 Å². The molecule has 0 spiro atoms. The summed E-state index contributed by atoms with van der Waals surface area (Å²) in [4.78, 5) is 12.0. The smallest absolute Gasteiger partial charge is 0.262 e. The Labute approximate surface area is 124 Å². The van der Waals surface area contributed by atoms with Crippen LogP contribution in [-0.2, 0) is 11.3 Å². The number of amides is 1. The third-order valence-electron chi connectivity index (χ3n) is 3.01. The van der Waals surface area contributed by atoms with E-state index in [0.29, 0.717) is 6.54 Å². The van der Waals surface area contributed by atoms with Gasteiger partial charge in [0.1, 0.15) is 11.6 Å². The Morgan fingerprint density at radius 1 is 1.19 bits per heavy atom. The molecule has 3 nitrogen and oxygen atoms in total. The van der Waals surface area contributed by atoms with Crippen LogP contribution in [0.5, 0.6) is 0 Å². The van der Waals surface area contributed by atoms with Crippen LogP contribution in [0.2, 0.25) is 0 Å². The number of carbonyl (C=O) groups is 1. The zero-order valence-corrected chi connectivity index (χ0v) is 11.8. The van der Waals surface area contributed by atoms with Crippen LogP contribution >= 0.6 is 0 Å². The second-order valence-corrected chi connectivity index (χ2v) is 4.75. The second kappa shape index (κ2) is 7.06. The molecule has 0 radical (unpaired) electrons. The number of rotatable bonds is 4. The SMILES string of the molecule is Cc1cccc(C=C(C#N)C(=O)NCc2ccccc2)c1. The Balaban J connectivity index is 2.07. The lowest BCUT2D eigenvalue weighted by Gasteiger charge is -2.04. The highest BCUT2D eigenvalue weighted by atomic mass is 16.1. The fourth-order valence-corrected chi connectivity index (χ4v) is 1.95. The highest BCUT2D eigenvalue weighted by Crippen LogP contribution is 2.09. The summed E-state index contributed by atoms with van der Waals surface area (Å²) in [7, 11) is 0. The van der Waals surface area contributed by atoms with E-state index in [1.165, 1.54) is 0 Å². The van der Waals surface area contributed by atoms with E-state index < -0.39 is 0 Å². The predicted molar refractivity (Wildman–Crippen MR) is 83.1 cm³/mol. The largest absolute Gasteiger partial charge is 0.347 e. The first kappa shape index (κ1) is 14.5. The Kier molecular flexibility index (Phi) is 4.89. The second-order valence-electron chi connectivity index (χ2n) is 4.75. The molecular formula is C18H16N2O. The molecule has 0 saturated heterocycles. The molecule has 3 heteroatoms. The summed E-state index contributed by atoms with van der Waals surface area (Å²) in [6.07, 6.45) is 1.60. The van der Waals surface area contributed by atoms with Gasteiger partial charge >= 0.3 is 0 Å². The summed E-state index contributed by atoms with van der Waals surface area (Å²) < 4.78 is 0. The molecule has 2 aromatic rings. The summed E-state index contributed by atoms with van der Waals surface area (Å²) in [5.41, 5.74) is 3.04. The Hall–Kier alpha value is -2.86. The van der Waals surface area contributed by atoms with E-state index in [-0.39, 0.29) is 11.5 Å². The molecule has 0 aliphatic carbocycles. The quantitative estimate of drug-likeness (QED) is 0.688. The van der Waals surface area contributed by atoms with Crippen molar-refractivity contribution in [2.45, 2.75) is 13.5 Å². The minimum absolute atomic E-state index is 0.108. The maximum atomic E-state index is 12.0. The van der Waals surface area contributed by atoms with E-state index in [4.69, 9.17) is 5.26 Å². The van der Waals surface area contributed by atoms with E-state index in [9.17, 15) is 4.79 Å². The molecule has 0 unspecified atom stereocenters. The Bertz CT molecular complexity index is 697. The summed E-state index contributed by atoms with van der Waals surface area (Å²) in [5, 5.41) is 11.9. The van der Waals surface area contributed by atoms with Gasteiger partial charge in [-0.25, -0.2) is 0 Å². The van der Waals surface area contributed by atoms with Gasteiger partial charge in [-0.3, -0.25) is 4.79 Å². The molecule has 104 valence electrons. The average Bonchev–Trinajstić information content (AvgIpc) is 2.51. The third-order valence-corrected chi connectivity index (χ3v) is 3.01. The van der Waals surface area contributed by atoms with Crippen LogP contribution in [0.25, 0.3) is 6.08 Å². The molecule has 0 atom stereocenters. The molecule has 0 aliphatic rings. The van der Waals surface area contributed by atoms with Gasteiger partial charge in [0.2, 0.25) is 0 Å². The topological polar surface area (TPSA) is 52.9 Å². The lowest BCUT2D eigenvalue weighted by molar-refractivity contribution is -0.117. The Morgan fingerprint density at radius 2 is 1.95 bits per heavy atom. The summed E-state index contributed by atoms with van der Waals surface area (Å²) in [5.74, 6) is -0.358. The molecule has 2 rings (SSSR count). The number of aryl methyl sites for hydroxylation is 1. The van der Waals surface area contributed by atoms with E-state index in [0.717, 1.165) is 16.7 Å². The van der Waals surface area contributed by atoms with Crippen LogP contribution in [0.1, 0.15) is 16.7 Å². The van der Waals surface area contributed by atoms with Gasteiger partial charge in [-0.05, 0) is 24.1 Å². The van der Waals surface area contributed by atoms with Crippen LogP contribution in [0, 0.1) is 18.3 Å². The number of hydrogen-bond acceptors (Lipinski definition) is 2. The van der Waals surface area contributed by atoms with Gasteiger partial charge in [-0.2, -0.15) is 5.26 Å². The average molecular weight is 276 g/mol. The lowest BCUT2D eigenvalue weighted by atomic mass is 10.1. The standard InChI is InChI=1S/C18H16N2O/c1-14-6-5-9-16(10-14)11-17(12-19)18(21)20-13-15-7-3-2-4-8-15/h2-11H,13H2,1H3,(H,20,21). The first-order valence-electron chi connectivity index (χ1n) is 6.69. The van der Waals surface area contributed by atoms with Crippen LogP contribution in [0.3, 0.4) is 0 Å². The number of benzene rings is 2. The van der Waals surface area contributed by atoms with Crippen molar-refractivity contribution in [2.24, 2.45) is 0 Å². The molecule has 0 bridgehead atoms. The van der Waals surface area contributed by atoms with E-state index in [2.05, 4.69) is 5.32 Å². The molecule has 1 amide bonds. The lowest BCUT2D eigenvalue weighted by Crippen LogP contribution is -2.23. The summed E-state index contributed by atoms with van der Waals surface area (Å²) in [6.45, 7) is 2.38. The van der Waals surface area contributed by atoms with Gasteiger partial charge in [0.25, 0.3) is 5.91 Å². The predicted octanol–water partition coefficient (Wildman–Crippen LogP) is 3.22. The van der Waals surface area contributed by atoms with Gasteiger partial charge in [-0.1, -0.05) is 60.2 Å². The number of carbonyl (C=O) groups excluding carboxylic acids is 1. The molecule has 0 saturated carbocycles. The minimum Gasteiger partial charge on any atom is -0.347 e. The third kappa shape index (κ3) is 4.32. The number of nitrogens with one attached hydrogen (secondary N) is 1. The normalized spacial score (nSPS) is 10.8. The fourth-order valence-electron chi connectivity index (χ4n) is 1.95.